The predicted molar refractivity (Wildman–Crippen MR) is 117 cm³/mol. The molecule has 1 amide bonds. The van der Waals surface area contributed by atoms with E-state index in [1.54, 1.807) is 33.0 Å². The average molecular weight is 452 g/mol. The SMILES string of the molecule is CCN(CC)S(=O)(=O)c1ccc(=O)n(CC(=O)N(C)Cc2cccc(OC)c2OC)c1. The minimum absolute atomic E-state index is 0.0271. The number of para-hydroxylation sites is 1. The first-order valence-electron chi connectivity index (χ1n) is 9.84. The molecule has 0 N–H and O–H groups in total. The lowest BCUT2D eigenvalue weighted by Gasteiger charge is -2.21. The zero-order chi connectivity index (χ0) is 23.2. The van der Waals surface area contributed by atoms with Crippen molar-refractivity contribution in [2.75, 3.05) is 34.4 Å². The minimum Gasteiger partial charge on any atom is -0.493 e. The Labute approximate surface area is 182 Å². The van der Waals surface area contributed by atoms with Gasteiger partial charge in [0, 0.05) is 44.5 Å². The molecular formula is C21H29N3O6S. The van der Waals surface area contributed by atoms with E-state index in [4.69, 9.17) is 9.47 Å². The molecule has 0 bridgehead atoms. The number of likely N-dealkylation sites (N-methyl/N-ethyl adjacent to an activating group) is 1. The van der Waals surface area contributed by atoms with Gasteiger partial charge in [0.05, 0.1) is 19.1 Å². The number of methoxy groups -OCH3 is 2. The monoisotopic (exact) mass is 451 g/mol. The van der Waals surface area contributed by atoms with E-state index in [1.807, 2.05) is 6.07 Å². The fraction of sp³-hybridized carbons (Fsp3) is 0.429. The van der Waals surface area contributed by atoms with Crippen molar-refractivity contribution in [1.82, 2.24) is 13.8 Å². The van der Waals surface area contributed by atoms with E-state index in [1.165, 1.54) is 35.7 Å². The molecular weight excluding hydrogens is 422 g/mol. The number of nitrogens with zero attached hydrogens (tertiary/aromatic N) is 3. The van der Waals surface area contributed by atoms with E-state index in [2.05, 4.69) is 0 Å². The second kappa shape index (κ2) is 10.5. The first-order valence-corrected chi connectivity index (χ1v) is 11.3. The Hall–Kier alpha value is -2.85. The fourth-order valence-electron chi connectivity index (χ4n) is 3.19. The van der Waals surface area contributed by atoms with E-state index in [0.29, 0.717) is 24.6 Å². The van der Waals surface area contributed by atoms with Crippen molar-refractivity contribution >= 4 is 15.9 Å². The van der Waals surface area contributed by atoms with Crippen LogP contribution in [0.5, 0.6) is 11.5 Å². The van der Waals surface area contributed by atoms with Gasteiger partial charge in [-0.2, -0.15) is 4.31 Å². The summed E-state index contributed by atoms with van der Waals surface area (Å²) in [6.07, 6.45) is 1.22. The zero-order valence-corrected chi connectivity index (χ0v) is 19.3. The van der Waals surface area contributed by atoms with Crippen LogP contribution in [0, 0.1) is 0 Å². The molecule has 0 aliphatic heterocycles. The third-order valence-corrected chi connectivity index (χ3v) is 6.96. The van der Waals surface area contributed by atoms with Gasteiger partial charge in [-0.05, 0) is 12.1 Å². The topological polar surface area (TPSA) is 98.2 Å². The van der Waals surface area contributed by atoms with Gasteiger partial charge < -0.3 is 18.9 Å². The second-order valence-corrected chi connectivity index (χ2v) is 8.76. The van der Waals surface area contributed by atoms with Gasteiger partial charge in [-0.1, -0.05) is 26.0 Å². The number of pyridine rings is 1. The number of ether oxygens (including phenoxy) is 2. The van der Waals surface area contributed by atoms with Crippen LogP contribution in [-0.4, -0.2) is 62.5 Å². The Bertz CT molecular complexity index is 1080. The Balaban J connectivity index is 2.25. The minimum atomic E-state index is -3.74. The van der Waals surface area contributed by atoms with Crippen LogP contribution in [0.3, 0.4) is 0 Å². The molecule has 0 aliphatic rings. The van der Waals surface area contributed by atoms with Crippen LogP contribution < -0.4 is 15.0 Å². The maximum Gasteiger partial charge on any atom is 0.251 e. The smallest absolute Gasteiger partial charge is 0.251 e. The highest BCUT2D eigenvalue weighted by atomic mass is 32.2. The molecule has 0 saturated carbocycles. The Morgan fingerprint density at radius 2 is 1.74 bits per heavy atom. The van der Waals surface area contributed by atoms with Gasteiger partial charge in [-0.25, -0.2) is 8.42 Å². The van der Waals surface area contributed by atoms with E-state index in [-0.39, 0.29) is 23.9 Å². The Kier molecular flexibility index (Phi) is 8.23. The first kappa shape index (κ1) is 24.4. The molecule has 170 valence electrons. The highest BCUT2D eigenvalue weighted by Crippen LogP contribution is 2.31. The quantitative estimate of drug-likeness (QED) is 0.544. The maximum absolute atomic E-state index is 12.8. The van der Waals surface area contributed by atoms with Crippen LogP contribution in [0.2, 0.25) is 0 Å². The number of benzene rings is 1. The highest BCUT2D eigenvalue weighted by molar-refractivity contribution is 7.89. The van der Waals surface area contributed by atoms with Crippen LogP contribution in [0.15, 0.2) is 46.2 Å². The molecule has 0 fully saturated rings. The molecule has 0 aliphatic carbocycles. The molecule has 2 rings (SSSR count). The number of carbonyl (C=O) groups excluding carboxylic acids is 1. The van der Waals surface area contributed by atoms with Crippen molar-refractivity contribution in [3.63, 3.8) is 0 Å². The van der Waals surface area contributed by atoms with Gasteiger partial charge in [0.15, 0.2) is 11.5 Å². The predicted octanol–water partition coefficient (Wildman–Crippen LogP) is 1.55. The number of hydrogen-bond acceptors (Lipinski definition) is 6. The van der Waals surface area contributed by atoms with Crippen molar-refractivity contribution in [3.8, 4) is 11.5 Å². The molecule has 0 unspecified atom stereocenters. The summed E-state index contributed by atoms with van der Waals surface area (Å²) in [5, 5.41) is 0. The molecule has 0 radical (unpaired) electrons. The molecule has 0 atom stereocenters. The van der Waals surface area contributed by atoms with Gasteiger partial charge in [0.25, 0.3) is 5.56 Å². The third-order valence-electron chi connectivity index (χ3n) is 4.92. The highest BCUT2D eigenvalue weighted by Gasteiger charge is 2.23. The van der Waals surface area contributed by atoms with Crippen molar-refractivity contribution in [2.24, 2.45) is 0 Å². The molecule has 0 spiro atoms. The van der Waals surface area contributed by atoms with E-state index in [0.717, 1.165) is 16.2 Å². The van der Waals surface area contributed by atoms with Crippen LogP contribution in [0.25, 0.3) is 0 Å². The van der Waals surface area contributed by atoms with Crippen molar-refractivity contribution in [2.45, 2.75) is 31.8 Å². The van der Waals surface area contributed by atoms with Crippen LogP contribution in [0.4, 0.5) is 0 Å². The number of hydrogen-bond donors (Lipinski definition) is 0. The van der Waals surface area contributed by atoms with E-state index >= 15 is 0 Å². The van der Waals surface area contributed by atoms with Crippen molar-refractivity contribution < 1.29 is 22.7 Å². The molecule has 31 heavy (non-hydrogen) atoms. The molecule has 10 heteroatoms. The molecule has 1 heterocycles. The largest absolute Gasteiger partial charge is 0.493 e. The lowest BCUT2D eigenvalue weighted by Crippen LogP contribution is -2.35. The van der Waals surface area contributed by atoms with Gasteiger partial charge in [0.2, 0.25) is 15.9 Å². The van der Waals surface area contributed by atoms with Crippen molar-refractivity contribution in [3.05, 3.63) is 52.4 Å². The molecule has 0 saturated heterocycles. The summed E-state index contributed by atoms with van der Waals surface area (Å²) in [4.78, 5) is 26.4. The number of sulfonamides is 1. The van der Waals surface area contributed by atoms with Crippen LogP contribution in [0.1, 0.15) is 19.4 Å². The number of rotatable bonds is 10. The number of amides is 1. The normalized spacial score (nSPS) is 11.4. The van der Waals surface area contributed by atoms with Gasteiger partial charge in [-0.3, -0.25) is 9.59 Å². The Morgan fingerprint density at radius 1 is 1.06 bits per heavy atom. The lowest BCUT2D eigenvalue weighted by molar-refractivity contribution is -0.131. The summed E-state index contributed by atoms with van der Waals surface area (Å²) in [7, 11) is 0.905. The summed E-state index contributed by atoms with van der Waals surface area (Å²) >= 11 is 0. The number of aromatic nitrogens is 1. The van der Waals surface area contributed by atoms with Crippen molar-refractivity contribution in [1.29, 1.82) is 0 Å². The molecule has 1 aromatic heterocycles. The number of carbonyl (C=O) groups is 1. The third kappa shape index (κ3) is 5.45. The molecule has 1 aromatic carbocycles. The summed E-state index contributed by atoms with van der Waals surface area (Å²) in [6, 6.07) is 7.79. The molecule has 9 nitrogen and oxygen atoms in total. The van der Waals surface area contributed by atoms with E-state index in [9.17, 15) is 18.0 Å². The molecule has 2 aromatic rings. The zero-order valence-electron chi connectivity index (χ0n) is 18.5. The maximum atomic E-state index is 12.8. The summed E-state index contributed by atoms with van der Waals surface area (Å²) in [6.45, 7) is 4.03. The first-order chi connectivity index (χ1) is 14.7. The summed E-state index contributed by atoms with van der Waals surface area (Å²) in [5.74, 6) is 0.713. The average Bonchev–Trinajstić information content (AvgIpc) is 2.75. The van der Waals surface area contributed by atoms with Gasteiger partial charge >= 0.3 is 0 Å². The van der Waals surface area contributed by atoms with Gasteiger partial charge in [-0.15, -0.1) is 0 Å². The van der Waals surface area contributed by atoms with E-state index < -0.39 is 15.6 Å². The summed E-state index contributed by atoms with van der Waals surface area (Å²) in [5.41, 5.74) is 0.280. The van der Waals surface area contributed by atoms with Crippen LogP contribution in [-0.2, 0) is 27.9 Å². The fourth-order valence-corrected chi connectivity index (χ4v) is 4.66. The standard InChI is InChI=1S/C21H29N3O6S/c1-6-24(7-2)31(27,28)17-11-12-19(25)23(14-17)15-20(26)22(3)13-16-9-8-10-18(29-4)21(16)30-5/h8-12,14H,6-7,13,15H2,1-5H3. The summed E-state index contributed by atoms with van der Waals surface area (Å²) < 4.78 is 38.6. The van der Waals surface area contributed by atoms with Crippen LogP contribution >= 0.6 is 0 Å². The van der Waals surface area contributed by atoms with Gasteiger partial charge in [0.1, 0.15) is 6.54 Å². The Morgan fingerprint density at radius 3 is 2.32 bits per heavy atom. The second-order valence-electron chi connectivity index (χ2n) is 6.82. The lowest BCUT2D eigenvalue weighted by atomic mass is 10.1.